The van der Waals surface area contributed by atoms with E-state index in [2.05, 4.69) is 0 Å². The molecular formula is C15H24O3. The zero-order chi connectivity index (χ0) is 13.4. The van der Waals surface area contributed by atoms with Gasteiger partial charge in [-0.2, -0.15) is 0 Å². The van der Waals surface area contributed by atoms with Crippen molar-refractivity contribution < 1.29 is 14.6 Å². The highest BCUT2D eigenvalue weighted by atomic mass is 16.5. The first-order chi connectivity index (χ1) is 8.65. The summed E-state index contributed by atoms with van der Waals surface area (Å²) in [5, 5.41) is 9.68. The van der Waals surface area contributed by atoms with Crippen LogP contribution in [0.25, 0.3) is 0 Å². The van der Waals surface area contributed by atoms with Gasteiger partial charge in [0.1, 0.15) is 0 Å². The van der Waals surface area contributed by atoms with E-state index in [1.807, 2.05) is 45.0 Å². The lowest BCUT2D eigenvalue weighted by atomic mass is 10.0. The van der Waals surface area contributed by atoms with E-state index >= 15 is 0 Å². The predicted molar refractivity (Wildman–Crippen MR) is 73.2 cm³/mol. The van der Waals surface area contributed by atoms with Gasteiger partial charge in [-0.1, -0.05) is 26.0 Å². The molecule has 0 spiro atoms. The molecule has 1 aromatic carbocycles. The van der Waals surface area contributed by atoms with Crippen LogP contribution in [0.3, 0.4) is 0 Å². The lowest BCUT2D eigenvalue weighted by Crippen LogP contribution is -2.15. The maximum absolute atomic E-state index is 9.68. The summed E-state index contributed by atoms with van der Waals surface area (Å²) in [6.07, 6.45) is 1.38. The SMILES string of the molecule is CCOc1ccccc1OCCCC(O)C(C)C. The van der Waals surface area contributed by atoms with Crippen LogP contribution in [0.5, 0.6) is 11.5 Å². The third-order valence-corrected chi connectivity index (χ3v) is 2.82. The third-order valence-electron chi connectivity index (χ3n) is 2.82. The zero-order valence-corrected chi connectivity index (χ0v) is 11.6. The first kappa shape index (κ1) is 14.8. The van der Waals surface area contributed by atoms with E-state index in [-0.39, 0.29) is 6.10 Å². The van der Waals surface area contributed by atoms with Crippen LogP contribution in [-0.4, -0.2) is 24.4 Å². The van der Waals surface area contributed by atoms with Crippen molar-refractivity contribution in [3.63, 3.8) is 0 Å². The topological polar surface area (TPSA) is 38.7 Å². The molecule has 0 aliphatic heterocycles. The Morgan fingerprint density at radius 2 is 1.72 bits per heavy atom. The number of hydrogen-bond acceptors (Lipinski definition) is 3. The highest BCUT2D eigenvalue weighted by molar-refractivity contribution is 5.39. The molecule has 3 heteroatoms. The van der Waals surface area contributed by atoms with Crippen LogP contribution in [0.2, 0.25) is 0 Å². The molecule has 0 amide bonds. The fourth-order valence-corrected chi connectivity index (χ4v) is 1.65. The van der Waals surface area contributed by atoms with E-state index in [0.717, 1.165) is 24.3 Å². The Labute approximate surface area is 110 Å². The van der Waals surface area contributed by atoms with Crippen molar-refractivity contribution in [2.24, 2.45) is 5.92 Å². The molecule has 0 aromatic heterocycles. The van der Waals surface area contributed by atoms with Gasteiger partial charge >= 0.3 is 0 Å². The van der Waals surface area contributed by atoms with Gasteiger partial charge in [0.05, 0.1) is 19.3 Å². The molecule has 3 nitrogen and oxygen atoms in total. The molecule has 1 unspecified atom stereocenters. The number of hydrogen-bond donors (Lipinski definition) is 1. The maximum Gasteiger partial charge on any atom is 0.161 e. The number of para-hydroxylation sites is 2. The van der Waals surface area contributed by atoms with Crippen molar-refractivity contribution in [1.29, 1.82) is 0 Å². The van der Waals surface area contributed by atoms with Gasteiger partial charge in [0.2, 0.25) is 0 Å². The summed E-state index contributed by atoms with van der Waals surface area (Å²) in [7, 11) is 0. The van der Waals surface area contributed by atoms with Crippen molar-refractivity contribution in [3.8, 4) is 11.5 Å². The lowest BCUT2D eigenvalue weighted by molar-refractivity contribution is 0.108. The average Bonchev–Trinajstić information content (AvgIpc) is 2.36. The van der Waals surface area contributed by atoms with Gasteiger partial charge in [0, 0.05) is 0 Å². The van der Waals surface area contributed by atoms with Crippen molar-refractivity contribution in [2.45, 2.75) is 39.7 Å². The first-order valence-corrected chi connectivity index (χ1v) is 6.67. The maximum atomic E-state index is 9.68. The minimum absolute atomic E-state index is 0.240. The summed E-state index contributed by atoms with van der Waals surface area (Å²) in [6.45, 7) is 7.24. The Bertz CT molecular complexity index is 336. The van der Waals surface area contributed by atoms with E-state index in [4.69, 9.17) is 9.47 Å². The Kier molecular flexibility index (Phi) is 6.58. The Hall–Kier alpha value is -1.22. The Morgan fingerprint density at radius 3 is 2.28 bits per heavy atom. The first-order valence-electron chi connectivity index (χ1n) is 6.67. The number of aliphatic hydroxyl groups excluding tert-OH is 1. The molecule has 0 aliphatic rings. The third kappa shape index (κ3) is 4.96. The highest BCUT2D eigenvalue weighted by Crippen LogP contribution is 2.26. The fraction of sp³-hybridized carbons (Fsp3) is 0.600. The average molecular weight is 252 g/mol. The van der Waals surface area contributed by atoms with E-state index in [9.17, 15) is 5.11 Å². The molecule has 0 aliphatic carbocycles. The largest absolute Gasteiger partial charge is 0.490 e. The van der Waals surface area contributed by atoms with E-state index in [1.54, 1.807) is 0 Å². The fourth-order valence-electron chi connectivity index (χ4n) is 1.65. The molecule has 1 atom stereocenters. The highest BCUT2D eigenvalue weighted by Gasteiger charge is 2.09. The van der Waals surface area contributed by atoms with E-state index in [1.165, 1.54) is 0 Å². The normalized spacial score (nSPS) is 12.5. The summed E-state index contributed by atoms with van der Waals surface area (Å²) < 4.78 is 11.2. The molecule has 1 rings (SSSR count). The van der Waals surface area contributed by atoms with E-state index < -0.39 is 0 Å². The van der Waals surface area contributed by atoms with Crippen LogP contribution in [0.15, 0.2) is 24.3 Å². The van der Waals surface area contributed by atoms with Crippen LogP contribution >= 0.6 is 0 Å². The molecule has 0 fully saturated rings. The van der Waals surface area contributed by atoms with Crippen LogP contribution in [0, 0.1) is 5.92 Å². The van der Waals surface area contributed by atoms with Crippen LogP contribution in [-0.2, 0) is 0 Å². The van der Waals surface area contributed by atoms with Gasteiger partial charge in [0.25, 0.3) is 0 Å². The Morgan fingerprint density at radius 1 is 1.11 bits per heavy atom. The summed E-state index contributed by atoms with van der Waals surface area (Å²) >= 11 is 0. The molecule has 0 heterocycles. The molecular weight excluding hydrogens is 228 g/mol. The lowest BCUT2D eigenvalue weighted by Gasteiger charge is -2.15. The second-order valence-electron chi connectivity index (χ2n) is 4.68. The zero-order valence-electron chi connectivity index (χ0n) is 11.6. The van der Waals surface area contributed by atoms with Gasteiger partial charge in [-0.3, -0.25) is 0 Å². The molecule has 0 saturated carbocycles. The summed E-state index contributed by atoms with van der Waals surface area (Å²) in [5.41, 5.74) is 0. The Balaban J connectivity index is 2.35. The summed E-state index contributed by atoms with van der Waals surface area (Å²) in [6, 6.07) is 7.67. The van der Waals surface area contributed by atoms with E-state index in [0.29, 0.717) is 19.1 Å². The molecule has 0 saturated heterocycles. The number of benzene rings is 1. The van der Waals surface area contributed by atoms with Gasteiger partial charge < -0.3 is 14.6 Å². The molecule has 102 valence electrons. The summed E-state index contributed by atoms with van der Waals surface area (Å²) in [4.78, 5) is 0. The molecule has 0 bridgehead atoms. The van der Waals surface area contributed by atoms with Gasteiger partial charge in [-0.05, 0) is 37.8 Å². The quantitative estimate of drug-likeness (QED) is 0.722. The molecule has 0 radical (unpaired) electrons. The van der Waals surface area contributed by atoms with Crippen molar-refractivity contribution >= 4 is 0 Å². The van der Waals surface area contributed by atoms with Crippen LogP contribution < -0.4 is 9.47 Å². The van der Waals surface area contributed by atoms with Crippen molar-refractivity contribution in [3.05, 3.63) is 24.3 Å². The van der Waals surface area contributed by atoms with Gasteiger partial charge in [-0.15, -0.1) is 0 Å². The van der Waals surface area contributed by atoms with Crippen LogP contribution in [0.1, 0.15) is 33.6 Å². The molecule has 1 N–H and O–H groups in total. The van der Waals surface area contributed by atoms with Gasteiger partial charge in [-0.25, -0.2) is 0 Å². The number of aliphatic hydroxyl groups is 1. The number of ether oxygens (including phenoxy) is 2. The predicted octanol–water partition coefficient (Wildman–Crippen LogP) is 3.26. The second-order valence-corrected chi connectivity index (χ2v) is 4.68. The second kappa shape index (κ2) is 7.98. The van der Waals surface area contributed by atoms with Crippen molar-refractivity contribution in [2.75, 3.05) is 13.2 Å². The molecule has 18 heavy (non-hydrogen) atoms. The molecule has 1 aromatic rings. The minimum Gasteiger partial charge on any atom is -0.490 e. The standard InChI is InChI=1S/C15H24O3/c1-4-17-14-9-5-6-10-15(14)18-11-7-8-13(16)12(2)3/h5-6,9-10,12-13,16H,4,7-8,11H2,1-3H3. The van der Waals surface area contributed by atoms with Gasteiger partial charge in [0.15, 0.2) is 11.5 Å². The summed E-state index contributed by atoms with van der Waals surface area (Å²) in [5.74, 6) is 1.86. The smallest absolute Gasteiger partial charge is 0.161 e. The minimum atomic E-state index is -0.240. The number of rotatable bonds is 8. The van der Waals surface area contributed by atoms with Crippen LogP contribution in [0.4, 0.5) is 0 Å². The monoisotopic (exact) mass is 252 g/mol. The van der Waals surface area contributed by atoms with Crippen molar-refractivity contribution in [1.82, 2.24) is 0 Å².